The molecule has 51 heavy (non-hydrogen) atoms. The number of esters is 1. The largest absolute Gasteiger partial charge is 0.460 e. The number of pyridine rings is 1. The van der Waals surface area contributed by atoms with Crippen molar-refractivity contribution in [2.24, 2.45) is 0 Å². The van der Waals surface area contributed by atoms with Crippen LogP contribution >= 0.6 is 0 Å². The summed E-state index contributed by atoms with van der Waals surface area (Å²) in [4.78, 5) is 43.8. The van der Waals surface area contributed by atoms with E-state index in [9.17, 15) is 14.7 Å². The highest BCUT2D eigenvalue weighted by Crippen LogP contribution is 2.24. The zero-order chi connectivity index (χ0) is 36.6. The summed E-state index contributed by atoms with van der Waals surface area (Å²) in [5.74, 6) is 0.586. The Kier molecular flexibility index (Phi) is 12.3. The molecule has 1 aromatic carbocycles. The van der Waals surface area contributed by atoms with Crippen LogP contribution in [0.15, 0.2) is 66.1 Å². The first kappa shape index (κ1) is 37.7. The Labute approximate surface area is 299 Å². The molecule has 13 heteroatoms. The van der Waals surface area contributed by atoms with Gasteiger partial charge in [-0.05, 0) is 96.8 Å². The smallest absolute Gasteiger partial charge is 0.308 e. The van der Waals surface area contributed by atoms with Gasteiger partial charge in [-0.2, -0.15) is 4.98 Å². The van der Waals surface area contributed by atoms with E-state index >= 15 is 0 Å². The zero-order valence-electron chi connectivity index (χ0n) is 30.6. The summed E-state index contributed by atoms with van der Waals surface area (Å²) >= 11 is 0. The number of hydrogen-bond acceptors (Lipinski definition) is 11. The molecule has 1 aliphatic heterocycles. The van der Waals surface area contributed by atoms with Crippen molar-refractivity contribution in [3.05, 3.63) is 77.4 Å². The van der Waals surface area contributed by atoms with Gasteiger partial charge in [-0.3, -0.25) is 14.5 Å². The first-order valence-electron chi connectivity index (χ1n) is 17.8. The summed E-state index contributed by atoms with van der Waals surface area (Å²) in [5, 5.41) is 14.2. The first-order valence-corrected chi connectivity index (χ1v) is 17.8. The lowest BCUT2D eigenvalue weighted by atomic mass is 10.1. The van der Waals surface area contributed by atoms with Gasteiger partial charge in [-0.1, -0.05) is 12.1 Å². The Morgan fingerprint density at radius 1 is 0.980 bits per heavy atom. The Bertz CT molecular complexity index is 1830. The van der Waals surface area contributed by atoms with Crippen LogP contribution < -0.4 is 15.8 Å². The van der Waals surface area contributed by atoms with Crippen molar-refractivity contribution in [3.8, 4) is 5.82 Å². The van der Waals surface area contributed by atoms with E-state index in [2.05, 4.69) is 43.8 Å². The van der Waals surface area contributed by atoms with Crippen LogP contribution in [0.1, 0.15) is 66.0 Å². The van der Waals surface area contributed by atoms with Crippen molar-refractivity contribution < 1.29 is 19.4 Å². The Morgan fingerprint density at radius 3 is 2.41 bits per heavy atom. The number of aliphatic hydroxyl groups is 1. The fourth-order valence-corrected chi connectivity index (χ4v) is 5.97. The molecule has 4 aromatic rings. The average Bonchev–Trinajstić information content (AvgIpc) is 3.35. The van der Waals surface area contributed by atoms with Gasteiger partial charge in [0.2, 0.25) is 5.95 Å². The van der Waals surface area contributed by atoms with Gasteiger partial charge in [0.15, 0.2) is 11.5 Å². The molecular weight excluding hydrogens is 648 g/mol. The third-order valence-corrected chi connectivity index (χ3v) is 8.55. The van der Waals surface area contributed by atoms with Gasteiger partial charge < -0.3 is 24.8 Å². The molecule has 0 bridgehead atoms. The van der Waals surface area contributed by atoms with Gasteiger partial charge >= 0.3 is 5.97 Å². The highest BCUT2D eigenvalue weighted by atomic mass is 16.6. The van der Waals surface area contributed by atoms with Gasteiger partial charge in [0.05, 0.1) is 25.3 Å². The van der Waals surface area contributed by atoms with Gasteiger partial charge in [0.25, 0.3) is 5.56 Å². The SMILES string of the molecule is C=CCn1c(=O)c2cnc(Nc3ccc(N4CCN(CCCCCOCCC(=O)OC(C)(C)C)CC4)cc3)nc2n1-c1cccc(C(C)(C)O)n1. The van der Waals surface area contributed by atoms with Crippen molar-refractivity contribution in [1.82, 2.24) is 29.2 Å². The molecule has 0 spiro atoms. The summed E-state index contributed by atoms with van der Waals surface area (Å²) in [6.45, 7) is 19.1. The number of piperazine rings is 1. The molecule has 1 aliphatic rings. The van der Waals surface area contributed by atoms with E-state index < -0.39 is 11.2 Å². The molecule has 0 atom stereocenters. The van der Waals surface area contributed by atoms with Crippen LogP contribution in [-0.2, 0) is 26.4 Å². The summed E-state index contributed by atoms with van der Waals surface area (Å²) in [7, 11) is 0. The maximum absolute atomic E-state index is 13.3. The maximum atomic E-state index is 13.3. The molecular formula is C38H52N8O5. The van der Waals surface area contributed by atoms with E-state index in [4.69, 9.17) is 14.5 Å². The number of carbonyl (C=O) groups is 1. The number of allylic oxidation sites excluding steroid dienone is 1. The molecule has 0 saturated carbocycles. The molecule has 2 N–H and O–H groups in total. The average molecular weight is 701 g/mol. The third kappa shape index (κ3) is 10.2. The predicted octanol–water partition coefficient (Wildman–Crippen LogP) is 5.17. The molecule has 4 heterocycles. The lowest BCUT2D eigenvalue weighted by Crippen LogP contribution is -2.46. The van der Waals surface area contributed by atoms with E-state index in [1.165, 1.54) is 10.9 Å². The number of fused-ring (bicyclic) bond motifs is 1. The fraction of sp³-hybridized carbons (Fsp3) is 0.500. The van der Waals surface area contributed by atoms with E-state index in [-0.39, 0.29) is 18.1 Å². The number of anilines is 3. The summed E-state index contributed by atoms with van der Waals surface area (Å²) in [5.41, 5.74) is 0.990. The van der Waals surface area contributed by atoms with Crippen LogP contribution in [-0.4, -0.2) is 91.8 Å². The quantitative estimate of drug-likeness (QED) is 0.0909. The van der Waals surface area contributed by atoms with E-state index in [1.54, 1.807) is 42.8 Å². The predicted molar refractivity (Wildman–Crippen MR) is 200 cm³/mol. The molecule has 0 aliphatic carbocycles. The zero-order valence-corrected chi connectivity index (χ0v) is 30.6. The first-order chi connectivity index (χ1) is 24.3. The Hall–Kier alpha value is -4.59. The topological polar surface area (TPSA) is 140 Å². The number of nitrogens with one attached hydrogen (secondary N) is 1. The minimum atomic E-state index is -1.16. The van der Waals surface area contributed by atoms with Crippen LogP contribution in [0, 0.1) is 0 Å². The maximum Gasteiger partial charge on any atom is 0.308 e. The standard InChI is InChI=1S/C38H52N8O5/c1-7-19-45-35(48)30-27-39-36(42-34(30)46(45)32-13-11-12-31(41-32)38(5,6)49)40-28-14-16-29(17-15-28)44-23-21-43(22-24-44)20-9-8-10-25-50-26-18-33(47)51-37(2,3)4/h7,11-17,27,49H,1,8-10,18-26H2,2-6H3,(H,39,40,42). The summed E-state index contributed by atoms with van der Waals surface area (Å²) < 4.78 is 14.1. The minimum Gasteiger partial charge on any atom is -0.460 e. The number of hydrogen-bond donors (Lipinski definition) is 2. The minimum absolute atomic E-state index is 0.215. The van der Waals surface area contributed by atoms with Crippen LogP contribution in [0.25, 0.3) is 16.9 Å². The van der Waals surface area contributed by atoms with Gasteiger partial charge in [-0.25, -0.2) is 19.3 Å². The second kappa shape index (κ2) is 16.6. The second-order valence-electron chi connectivity index (χ2n) is 14.4. The molecule has 3 aromatic heterocycles. The molecule has 5 rings (SSSR count). The number of benzene rings is 1. The summed E-state index contributed by atoms with van der Waals surface area (Å²) in [6, 6.07) is 13.5. The van der Waals surface area contributed by atoms with Crippen LogP contribution in [0.4, 0.5) is 17.3 Å². The highest BCUT2D eigenvalue weighted by molar-refractivity contribution is 5.77. The number of unbranched alkanes of at least 4 members (excludes halogenated alkanes) is 2. The molecule has 0 unspecified atom stereocenters. The van der Waals surface area contributed by atoms with Gasteiger partial charge in [0.1, 0.15) is 16.6 Å². The highest BCUT2D eigenvalue weighted by Gasteiger charge is 2.22. The van der Waals surface area contributed by atoms with Crippen LogP contribution in [0.2, 0.25) is 0 Å². The monoisotopic (exact) mass is 700 g/mol. The summed E-state index contributed by atoms with van der Waals surface area (Å²) in [6.07, 6.45) is 6.68. The molecule has 0 radical (unpaired) electrons. The lowest BCUT2D eigenvalue weighted by Gasteiger charge is -2.36. The Morgan fingerprint density at radius 2 is 1.73 bits per heavy atom. The van der Waals surface area contributed by atoms with E-state index in [1.807, 2.05) is 32.9 Å². The molecule has 1 saturated heterocycles. The van der Waals surface area contributed by atoms with Crippen LogP contribution in [0.5, 0.6) is 0 Å². The van der Waals surface area contributed by atoms with Crippen molar-refractivity contribution >= 4 is 34.3 Å². The van der Waals surface area contributed by atoms with Crippen molar-refractivity contribution in [3.63, 3.8) is 0 Å². The second-order valence-corrected chi connectivity index (χ2v) is 14.4. The Balaban J connectivity index is 1.12. The number of ether oxygens (including phenoxy) is 2. The van der Waals surface area contributed by atoms with Crippen LogP contribution in [0.3, 0.4) is 0 Å². The molecule has 1 fully saturated rings. The number of rotatable bonds is 16. The molecule has 0 amide bonds. The molecule has 274 valence electrons. The normalized spacial score (nSPS) is 14.2. The fourth-order valence-electron chi connectivity index (χ4n) is 5.97. The van der Waals surface area contributed by atoms with Crippen molar-refractivity contribution in [2.75, 3.05) is 56.2 Å². The number of aromatic nitrogens is 5. The van der Waals surface area contributed by atoms with Gasteiger partial charge in [0, 0.05) is 50.4 Å². The van der Waals surface area contributed by atoms with Crippen molar-refractivity contribution in [2.45, 2.75) is 78.0 Å². The number of nitrogens with zero attached hydrogens (tertiary/aromatic N) is 7. The third-order valence-electron chi connectivity index (χ3n) is 8.55. The number of carbonyl (C=O) groups excluding carboxylic acids is 1. The van der Waals surface area contributed by atoms with E-state index in [0.29, 0.717) is 48.1 Å². The lowest BCUT2D eigenvalue weighted by molar-refractivity contribution is -0.156. The van der Waals surface area contributed by atoms with E-state index in [0.717, 1.165) is 63.4 Å². The van der Waals surface area contributed by atoms with Crippen molar-refractivity contribution in [1.29, 1.82) is 0 Å². The molecule has 13 nitrogen and oxygen atoms in total. The van der Waals surface area contributed by atoms with Gasteiger partial charge in [-0.15, -0.1) is 6.58 Å².